The van der Waals surface area contributed by atoms with E-state index in [2.05, 4.69) is 0 Å². The van der Waals surface area contributed by atoms with Crippen LogP contribution in [0.15, 0.2) is 0 Å². The van der Waals surface area contributed by atoms with Crippen LogP contribution >= 0.6 is 0 Å². The van der Waals surface area contributed by atoms with E-state index in [1.807, 2.05) is 0 Å². The summed E-state index contributed by atoms with van der Waals surface area (Å²) in [5.41, 5.74) is 5.44. The highest BCUT2D eigenvalue weighted by atomic mass is 16.6. The molecule has 0 heterocycles. The zero-order chi connectivity index (χ0) is 12.9. The number of esters is 1. The van der Waals surface area contributed by atoms with Gasteiger partial charge in [-0.3, -0.25) is 4.79 Å². The third-order valence-corrected chi connectivity index (χ3v) is 1.78. The molecule has 0 aromatic rings. The minimum absolute atomic E-state index is 0.169. The van der Waals surface area contributed by atoms with Crippen LogP contribution in [0.2, 0.25) is 0 Å². The van der Waals surface area contributed by atoms with Gasteiger partial charge in [0.15, 0.2) is 0 Å². The first-order valence-electron chi connectivity index (χ1n) is 5.72. The lowest BCUT2D eigenvalue weighted by atomic mass is 10.3. The zero-order valence-electron chi connectivity index (χ0n) is 10.6. The van der Waals surface area contributed by atoms with E-state index in [1.165, 1.54) is 0 Å². The molecule has 0 spiro atoms. The van der Waals surface area contributed by atoms with Gasteiger partial charge in [-0.2, -0.15) is 0 Å². The van der Waals surface area contributed by atoms with Gasteiger partial charge >= 0.3 is 5.97 Å². The third-order valence-electron chi connectivity index (χ3n) is 1.78. The van der Waals surface area contributed by atoms with E-state index in [0.717, 1.165) is 0 Å². The Labute approximate surface area is 102 Å². The lowest BCUT2D eigenvalue weighted by molar-refractivity contribution is -0.145. The van der Waals surface area contributed by atoms with Gasteiger partial charge in [-0.1, -0.05) is 0 Å². The van der Waals surface area contributed by atoms with Crippen molar-refractivity contribution in [3.05, 3.63) is 0 Å². The highest BCUT2D eigenvalue weighted by Crippen LogP contribution is 1.90. The van der Waals surface area contributed by atoms with E-state index in [1.54, 1.807) is 14.0 Å². The fraction of sp³-hybridized carbons (Fsp3) is 0.909. The predicted molar refractivity (Wildman–Crippen MR) is 62.7 cm³/mol. The minimum Gasteiger partial charge on any atom is -0.463 e. The summed E-state index contributed by atoms with van der Waals surface area (Å²) in [6, 6.07) is -0.169. The Morgan fingerprint density at radius 3 is 2.12 bits per heavy atom. The zero-order valence-corrected chi connectivity index (χ0v) is 10.6. The van der Waals surface area contributed by atoms with Crippen LogP contribution in [0, 0.1) is 0 Å². The Kier molecular flexibility index (Phi) is 11.3. The molecule has 0 aliphatic rings. The van der Waals surface area contributed by atoms with Crippen molar-refractivity contribution in [1.29, 1.82) is 0 Å². The SMILES string of the molecule is COCCOCCOCCOC(=O)CC(C)N. The Balaban J connectivity index is 3.10. The second-order valence-electron chi connectivity index (χ2n) is 3.62. The lowest BCUT2D eigenvalue weighted by Gasteiger charge is -2.07. The number of methoxy groups -OCH3 is 1. The van der Waals surface area contributed by atoms with Gasteiger partial charge in [0.2, 0.25) is 0 Å². The van der Waals surface area contributed by atoms with Crippen LogP contribution in [-0.4, -0.2) is 58.8 Å². The van der Waals surface area contributed by atoms with Crippen LogP contribution in [0.5, 0.6) is 0 Å². The summed E-state index contributed by atoms with van der Waals surface area (Å²) in [4.78, 5) is 11.1. The minimum atomic E-state index is -0.292. The maximum Gasteiger partial charge on any atom is 0.307 e. The fourth-order valence-corrected chi connectivity index (χ4v) is 1.00. The Hall–Kier alpha value is -0.690. The molecular weight excluding hydrogens is 226 g/mol. The molecule has 0 aromatic carbocycles. The van der Waals surface area contributed by atoms with Crippen molar-refractivity contribution >= 4 is 5.97 Å². The Morgan fingerprint density at radius 1 is 1.06 bits per heavy atom. The first-order valence-corrected chi connectivity index (χ1v) is 5.72. The molecule has 0 aromatic heterocycles. The van der Waals surface area contributed by atoms with E-state index in [4.69, 9.17) is 24.7 Å². The van der Waals surface area contributed by atoms with Gasteiger partial charge in [-0.05, 0) is 6.92 Å². The largest absolute Gasteiger partial charge is 0.463 e. The standard InChI is InChI=1S/C11H23NO5/c1-10(12)9-11(13)17-8-7-16-6-5-15-4-3-14-2/h10H,3-9,12H2,1-2H3. The molecule has 17 heavy (non-hydrogen) atoms. The molecular formula is C11H23NO5. The molecule has 102 valence electrons. The summed E-state index contributed by atoms with van der Waals surface area (Å²) in [6.07, 6.45) is 0.236. The van der Waals surface area contributed by atoms with E-state index in [0.29, 0.717) is 33.0 Å². The average molecular weight is 249 g/mol. The Bertz CT molecular complexity index is 187. The molecule has 0 rings (SSSR count). The van der Waals surface area contributed by atoms with Gasteiger partial charge in [0.25, 0.3) is 0 Å². The van der Waals surface area contributed by atoms with Crippen LogP contribution in [0.3, 0.4) is 0 Å². The molecule has 0 fully saturated rings. The van der Waals surface area contributed by atoms with E-state index < -0.39 is 0 Å². The first kappa shape index (κ1) is 16.3. The number of carbonyl (C=O) groups excluding carboxylic acids is 1. The normalized spacial score (nSPS) is 12.4. The number of rotatable bonds is 11. The van der Waals surface area contributed by atoms with Crippen molar-refractivity contribution in [3.63, 3.8) is 0 Å². The number of hydrogen-bond acceptors (Lipinski definition) is 6. The van der Waals surface area contributed by atoms with Gasteiger partial charge in [-0.15, -0.1) is 0 Å². The molecule has 0 amide bonds. The molecule has 6 heteroatoms. The second kappa shape index (κ2) is 11.8. The molecule has 2 N–H and O–H groups in total. The van der Waals surface area contributed by atoms with Gasteiger partial charge in [0.05, 0.1) is 39.5 Å². The smallest absolute Gasteiger partial charge is 0.307 e. The van der Waals surface area contributed by atoms with Crippen LogP contribution in [0.1, 0.15) is 13.3 Å². The maximum absolute atomic E-state index is 11.1. The molecule has 0 aliphatic heterocycles. The summed E-state index contributed by atoms with van der Waals surface area (Å²) in [5.74, 6) is -0.292. The van der Waals surface area contributed by atoms with Crippen LogP contribution in [0.25, 0.3) is 0 Å². The Morgan fingerprint density at radius 2 is 1.59 bits per heavy atom. The summed E-state index contributed by atoms with van der Waals surface area (Å²) < 4.78 is 20.1. The summed E-state index contributed by atoms with van der Waals surface area (Å²) in [6.45, 7) is 4.51. The number of ether oxygens (including phenoxy) is 4. The highest BCUT2D eigenvalue weighted by Gasteiger charge is 2.05. The van der Waals surface area contributed by atoms with Crippen molar-refractivity contribution in [2.75, 3.05) is 46.8 Å². The monoisotopic (exact) mass is 249 g/mol. The van der Waals surface area contributed by atoms with Crippen molar-refractivity contribution in [2.45, 2.75) is 19.4 Å². The molecule has 6 nitrogen and oxygen atoms in total. The first-order chi connectivity index (χ1) is 8.16. The highest BCUT2D eigenvalue weighted by molar-refractivity contribution is 5.69. The third kappa shape index (κ3) is 13.2. The number of carbonyl (C=O) groups is 1. The topological polar surface area (TPSA) is 80.0 Å². The molecule has 1 unspecified atom stereocenters. The summed E-state index contributed by atoms with van der Waals surface area (Å²) in [5, 5.41) is 0. The molecule has 0 bridgehead atoms. The number of hydrogen-bond donors (Lipinski definition) is 1. The summed E-state index contributed by atoms with van der Waals surface area (Å²) >= 11 is 0. The second-order valence-corrected chi connectivity index (χ2v) is 3.62. The van der Waals surface area contributed by atoms with Crippen molar-refractivity contribution < 1.29 is 23.7 Å². The maximum atomic E-state index is 11.1. The average Bonchev–Trinajstić information content (AvgIpc) is 2.26. The number of nitrogens with two attached hydrogens (primary N) is 1. The van der Waals surface area contributed by atoms with Crippen molar-refractivity contribution in [2.24, 2.45) is 5.73 Å². The van der Waals surface area contributed by atoms with E-state index >= 15 is 0 Å². The molecule has 1 atom stereocenters. The lowest BCUT2D eigenvalue weighted by Crippen LogP contribution is -2.22. The molecule has 0 aliphatic carbocycles. The van der Waals surface area contributed by atoms with Gasteiger partial charge < -0.3 is 24.7 Å². The van der Waals surface area contributed by atoms with Gasteiger partial charge in [0, 0.05) is 13.2 Å². The van der Waals surface area contributed by atoms with E-state index in [-0.39, 0.29) is 25.0 Å². The summed E-state index contributed by atoms with van der Waals surface area (Å²) in [7, 11) is 1.62. The predicted octanol–water partition coefficient (Wildman–Crippen LogP) is -0.0535. The van der Waals surface area contributed by atoms with Gasteiger partial charge in [0.1, 0.15) is 6.61 Å². The van der Waals surface area contributed by atoms with Crippen LogP contribution in [-0.2, 0) is 23.7 Å². The quantitative estimate of drug-likeness (QED) is 0.408. The van der Waals surface area contributed by atoms with Crippen LogP contribution in [0.4, 0.5) is 0 Å². The van der Waals surface area contributed by atoms with Crippen molar-refractivity contribution in [3.8, 4) is 0 Å². The van der Waals surface area contributed by atoms with Gasteiger partial charge in [-0.25, -0.2) is 0 Å². The van der Waals surface area contributed by atoms with Crippen molar-refractivity contribution in [1.82, 2.24) is 0 Å². The molecule has 0 saturated carbocycles. The molecule has 0 saturated heterocycles. The van der Waals surface area contributed by atoms with E-state index in [9.17, 15) is 4.79 Å². The fourth-order valence-electron chi connectivity index (χ4n) is 1.00. The molecule has 0 radical (unpaired) electrons. The van der Waals surface area contributed by atoms with Crippen LogP contribution < -0.4 is 5.73 Å².